The Morgan fingerprint density at radius 1 is 0.972 bits per heavy atom. The number of anilines is 1. The van der Waals surface area contributed by atoms with Crippen molar-refractivity contribution < 1.29 is 9.18 Å². The number of piperazine rings is 1. The van der Waals surface area contributed by atoms with Crippen LogP contribution in [0.1, 0.15) is 12.5 Å². The maximum absolute atomic E-state index is 15.0. The van der Waals surface area contributed by atoms with Gasteiger partial charge in [0.15, 0.2) is 0 Å². The highest BCUT2D eigenvalue weighted by molar-refractivity contribution is 6.03. The zero-order chi connectivity index (χ0) is 25.0. The van der Waals surface area contributed by atoms with Gasteiger partial charge in [-0.3, -0.25) is 4.79 Å². The van der Waals surface area contributed by atoms with Crippen LogP contribution in [0.5, 0.6) is 0 Å². The minimum Gasteiger partial charge on any atom is -0.353 e. The van der Waals surface area contributed by atoms with E-state index in [-0.39, 0.29) is 11.9 Å². The molecule has 4 heterocycles. The Morgan fingerprint density at radius 3 is 2.47 bits per heavy atom. The van der Waals surface area contributed by atoms with Gasteiger partial charge in [-0.1, -0.05) is 30.3 Å². The lowest BCUT2D eigenvalue weighted by atomic mass is 10.0. The highest BCUT2D eigenvalue weighted by Crippen LogP contribution is 2.36. The second-order valence-corrected chi connectivity index (χ2v) is 9.21. The summed E-state index contributed by atoms with van der Waals surface area (Å²) in [7, 11) is 1.60. The maximum atomic E-state index is 15.0. The zero-order valence-corrected chi connectivity index (χ0v) is 20.4. The first-order valence-corrected chi connectivity index (χ1v) is 12.0. The summed E-state index contributed by atoms with van der Waals surface area (Å²) in [5.41, 5.74) is 4.85. The van der Waals surface area contributed by atoms with Gasteiger partial charge in [0.25, 0.3) is 0 Å². The van der Waals surface area contributed by atoms with E-state index in [4.69, 9.17) is 10.1 Å². The van der Waals surface area contributed by atoms with E-state index in [9.17, 15) is 4.79 Å². The molecule has 1 fully saturated rings. The molecule has 0 bridgehead atoms. The van der Waals surface area contributed by atoms with Gasteiger partial charge < -0.3 is 9.80 Å². The second-order valence-electron chi connectivity index (χ2n) is 9.21. The summed E-state index contributed by atoms with van der Waals surface area (Å²) in [6, 6.07) is 15.6. The fraction of sp³-hybridized carbons (Fsp3) is 0.259. The van der Waals surface area contributed by atoms with Crippen LogP contribution in [0.3, 0.4) is 0 Å². The molecule has 0 aliphatic carbocycles. The van der Waals surface area contributed by atoms with E-state index in [2.05, 4.69) is 10.00 Å². The number of carbonyl (C=O) groups is 1. The molecule has 182 valence electrons. The van der Waals surface area contributed by atoms with Crippen LogP contribution < -0.4 is 4.90 Å². The number of pyridine rings is 1. The molecule has 0 atom stereocenters. The molecule has 1 amide bonds. The van der Waals surface area contributed by atoms with Crippen LogP contribution in [0.4, 0.5) is 10.2 Å². The number of nitrogens with zero attached hydrogens (tertiary/aromatic N) is 7. The lowest BCUT2D eigenvalue weighted by molar-refractivity contribution is -0.129. The number of para-hydroxylation sites is 1. The minimum atomic E-state index is -0.383. The fourth-order valence-electron chi connectivity index (χ4n) is 5.07. The molecule has 3 aromatic heterocycles. The molecule has 2 aromatic carbocycles. The molecule has 0 N–H and O–H groups in total. The van der Waals surface area contributed by atoms with Gasteiger partial charge >= 0.3 is 0 Å². The Hall–Kier alpha value is -4.27. The molecule has 9 heteroatoms. The van der Waals surface area contributed by atoms with Gasteiger partial charge in [-0.25, -0.2) is 14.3 Å². The Labute approximate surface area is 207 Å². The van der Waals surface area contributed by atoms with E-state index in [0.717, 1.165) is 41.1 Å². The van der Waals surface area contributed by atoms with Gasteiger partial charge in [-0.05, 0) is 30.7 Å². The Morgan fingerprint density at radius 2 is 1.75 bits per heavy atom. The van der Waals surface area contributed by atoms with Crippen molar-refractivity contribution in [1.29, 1.82) is 0 Å². The standard InChI is InChI=1S/C27H26FN7O/c1-17-6-4-8-21-25(20-7-5-9-22-24(20)27(28)32(3)30-22)31-35(26(17)21)19-10-11-23(29-16-19)34-14-12-33(13-15-34)18(2)36/h4-11,16H,12-15H2,1-3H3. The Balaban J connectivity index is 1.43. The van der Waals surface area contributed by atoms with Crippen molar-refractivity contribution in [2.75, 3.05) is 31.1 Å². The van der Waals surface area contributed by atoms with Crippen LogP contribution in [0.25, 0.3) is 38.8 Å². The van der Waals surface area contributed by atoms with Crippen LogP contribution in [-0.2, 0) is 11.8 Å². The van der Waals surface area contributed by atoms with Crippen molar-refractivity contribution in [2.45, 2.75) is 13.8 Å². The number of aryl methyl sites for hydroxylation is 2. The molecule has 8 nitrogen and oxygen atoms in total. The maximum Gasteiger partial charge on any atom is 0.219 e. The van der Waals surface area contributed by atoms with Gasteiger partial charge in [0.2, 0.25) is 11.9 Å². The van der Waals surface area contributed by atoms with Crippen molar-refractivity contribution in [2.24, 2.45) is 7.05 Å². The Bertz CT molecular complexity index is 1610. The minimum absolute atomic E-state index is 0.108. The molecule has 1 aliphatic rings. The van der Waals surface area contributed by atoms with Gasteiger partial charge in [0, 0.05) is 51.1 Å². The third kappa shape index (κ3) is 3.50. The quantitative estimate of drug-likeness (QED) is 0.387. The number of fused-ring (bicyclic) bond motifs is 2. The first-order chi connectivity index (χ1) is 17.4. The number of carbonyl (C=O) groups excluding carboxylic acids is 1. The molecule has 5 aromatic rings. The predicted molar refractivity (Wildman–Crippen MR) is 138 cm³/mol. The molecule has 36 heavy (non-hydrogen) atoms. The van der Waals surface area contributed by atoms with E-state index in [0.29, 0.717) is 35.2 Å². The van der Waals surface area contributed by atoms with E-state index < -0.39 is 0 Å². The molecule has 0 radical (unpaired) electrons. The van der Waals surface area contributed by atoms with Crippen LogP contribution in [0, 0.1) is 12.9 Å². The molecule has 0 unspecified atom stereocenters. The van der Waals surface area contributed by atoms with E-state index in [1.165, 1.54) is 4.68 Å². The second kappa shape index (κ2) is 8.44. The first-order valence-electron chi connectivity index (χ1n) is 12.0. The van der Waals surface area contributed by atoms with Crippen molar-refractivity contribution in [1.82, 2.24) is 29.4 Å². The normalized spacial score (nSPS) is 14.2. The third-order valence-electron chi connectivity index (χ3n) is 6.98. The van der Waals surface area contributed by atoms with Crippen LogP contribution >= 0.6 is 0 Å². The smallest absolute Gasteiger partial charge is 0.219 e. The van der Waals surface area contributed by atoms with Crippen LogP contribution in [0.2, 0.25) is 0 Å². The highest BCUT2D eigenvalue weighted by atomic mass is 19.1. The summed E-state index contributed by atoms with van der Waals surface area (Å²) in [6.45, 7) is 6.55. The zero-order valence-electron chi connectivity index (χ0n) is 20.4. The lowest BCUT2D eigenvalue weighted by Crippen LogP contribution is -2.48. The first kappa shape index (κ1) is 22.2. The molecular formula is C27H26FN7O. The van der Waals surface area contributed by atoms with Crippen molar-refractivity contribution in [3.63, 3.8) is 0 Å². The number of aromatic nitrogens is 5. The number of halogens is 1. The highest BCUT2D eigenvalue weighted by Gasteiger charge is 2.22. The SMILES string of the molecule is CC(=O)N1CCN(c2ccc(-n3nc(-c4cccc5nn(C)c(F)c45)c4cccc(C)c43)cn2)CC1. The number of rotatable bonds is 3. The third-order valence-corrected chi connectivity index (χ3v) is 6.98. The summed E-state index contributed by atoms with van der Waals surface area (Å²) in [4.78, 5) is 20.4. The lowest BCUT2D eigenvalue weighted by Gasteiger charge is -2.34. The summed E-state index contributed by atoms with van der Waals surface area (Å²) in [6.07, 6.45) is 1.82. The van der Waals surface area contributed by atoms with Crippen LogP contribution in [-0.4, -0.2) is 61.5 Å². The van der Waals surface area contributed by atoms with E-state index in [1.807, 2.05) is 71.2 Å². The summed E-state index contributed by atoms with van der Waals surface area (Å²) in [5.74, 6) is 0.598. The molecular weight excluding hydrogens is 457 g/mol. The molecule has 0 saturated carbocycles. The van der Waals surface area contributed by atoms with Crippen LogP contribution in [0.15, 0.2) is 54.7 Å². The summed E-state index contributed by atoms with van der Waals surface area (Å²) >= 11 is 0. The van der Waals surface area contributed by atoms with Crippen molar-refractivity contribution in [3.8, 4) is 16.9 Å². The van der Waals surface area contributed by atoms with Gasteiger partial charge in [-0.15, -0.1) is 0 Å². The summed E-state index contributed by atoms with van der Waals surface area (Å²) in [5, 5.41) is 10.7. The van der Waals surface area contributed by atoms with Crippen molar-refractivity contribution >= 4 is 33.5 Å². The number of benzene rings is 2. The number of hydrogen-bond acceptors (Lipinski definition) is 5. The Kier molecular flexibility index (Phi) is 5.21. The van der Waals surface area contributed by atoms with Gasteiger partial charge in [0.1, 0.15) is 11.5 Å². The van der Waals surface area contributed by atoms with Crippen molar-refractivity contribution in [3.05, 3.63) is 66.2 Å². The average Bonchev–Trinajstić information content (AvgIpc) is 3.42. The number of hydrogen-bond donors (Lipinski definition) is 0. The van der Waals surface area contributed by atoms with Gasteiger partial charge in [0.05, 0.1) is 28.3 Å². The largest absolute Gasteiger partial charge is 0.353 e. The summed E-state index contributed by atoms with van der Waals surface area (Å²) < 4.78 is 18.2. The van der Waals surface area contributed by atoms with E-state index >= 15 is 4.39 Å². The average molecular weight is 484 g/mol. The monoisotopic (exact) mass is 483 g/mol. The molecule has 0 spiro atoms. The molecule has 6 rings (SSSR count). The number of amides is 1. The fourth-order valence-corrected chi connectivity index (χ4v) is 5.07. The topological polar surface area (TPSA) is 72.1 Å². The molecule has 1 saturated heterocycles. The molecule has 1 aliphatic heterocycles. The van der Waals surface area contributed by atoms with E-state index in [1.54, 1.807) is 14.0 Å². The predicted octanol–water partition coefficient (Wildman–Crippen LogP) is 4.09. The van der Waals surface area contributed by atoms with Gasteiger partial charge in [-0.2, -0.15) is 14.6 Å².